The highest BCUT2D eigenvalue weighted by atomic mass is 35.5. The Morgan fingerprint density at radius 2 is 1.96 bits per heavy atom. The van der Waals surface area contributed by atoms with Crippen molar-refractivity contribution in [1.29, 1.82) is 0 Å². The summed E-state index contributed by atoms with van der Waals surface area (Å²) in [4.78, 5) is 16.7. The quantitative estimate of drug-likeness (QED) is 0.644. The van der Waals surface area contributed by atoms with Gasteiger partial charge in [-0.2, -0.15) is 0 Å². The molecule has 0 aromatic heterocycles. The van der Waals surface area contributed by atoms with Gasteiger partial charge < -0.3 is 14.5 Å². The molecule has 152 valence electrons. The molecule has 0 atom stereocenters. The minimum atomic E-state index is 0.00684. The van der Waals surface area contributed by atoms with Crippen LogP contribution in [0.1, 0.15) is 63.7 Å². The fourth-order valence-electron chi connectivity index (χ4n) is 3.48. The number of carbonyl (C=O) groups excluding carboxylic acids is 1. The van der Waals surface area contributed by atoms with Gasteiger partial charge in [0.05, 0.1) is 5.02 Å². The number of carbonyl (C=O) groups is 1. The van der Waals surface area contributed by atoms with Crippen molar-refractivity contribution in [2.24, 2.45) is 5.41 Å². The number of amides is 1. The van der Waals surface area contributed by atoms with Gasteiger partial charge in [0.1, 0.15) is 11.9 Å². The molecule has 1 aromatic rings. The van der Waals surface area contributed by atoms with Crippen molar-refractivity contribution in [2.45, 2.75) is 59.5 Å². The zero-order valence-electron chi connectivity index (χ0n) is 17.6. The van der Waals surface area contributed by atoms with Crippen LogP contribution in [0.25, 0.3) is 0 Å². The Balaban J connectivity index is 1.90. The molecular weight excluding hydrogens is 360 g/mol. The standard InChI is InChI=1S/C22H35ClN2O2/c1-6-7-12-24(5)21(26)17-8-9-20(19(23)15-17)27-18-10-13-25(14-11-18)16-22(2,3)4/h8-9,15,18H,6-7,10-14,16H2,1-5H3. The lowest BCUT2D eigenvalue weighted by molar-refractivity contribution is 0.0790. The number of halogens is 1. The van der Waals surface area contributed by atoms with Gasteiger partial charge in [-0.15, -0.1) is 0 Å². The number of unbranched alkanes of at least 4 members (excludes halogenated alkanes) is 1. The van der Waals surface area contributed by atoms with E-state index >= 15 is 0 Å². The summed E-state index contributed by atoms with van der Waals surface area (Å²) in [5.74, 6) is 0.686. The first-order chi connectivity index (χ1) is 12.7. The predicted molar refractivity (Wildman–Crippen MR) is 113 cm³/mol. The van der Waals surface area contributed by atoms with Gasteiger partial charge in [0.15, 0.2) is 0 Å². The summed E-state index contributed by atoms with van der Waals surface area (Å²) >= 11 is 6.41. The lowest BCUT2D eigenvalue weighted by Gasteiger charge is -2.36. The van der Waals surface area contributed by atoms with E-state index in [2.05, 4.69) is 32.6 Å². The van der Waals surface area contributed by atoms with Gasteiger partial charge in [0, 0.05) is 38.8 Å². The maximum absolute atomic E-state index is 12.5. The average Bonchev–Trinajstić information content (AvgIpc) is 2.61. The molecule has 1 saturated heterocycles. The summed E-state index contributed by atoms with van der Waals surface area (Å²) in [6.07, 6.45) is 4.28. The first-order valence-corrected chi connectivity index (χ1v) is 10.5. The van der Waals surface area contributed by atoms with E-state index in [1.807, 2.05) is 19.2 Å². The Kier molecular flexibility index (Phi) is 7.99. The summed E-state index contributed by atoms with van der Waals surface area (Å²) < 4.78 is 6.14. The minimum absolute atomic E-state index is 0.00684. The second-order valence-electron chi connectivity index (χ2n) is 8.88. The SMILES string of the molecule is CCCCN(C)C(=O)c1ccc(OC2CCN(CC(C)(C)C)CC2)c(Cl)c1. The Hall–Kier alpha value is -1.26. The van der Waals surface area contributed by atoms with E-state index in [0.717, 1.165) is 51.9 Å². The zero-order valence-corrected chi connectivity index (χ0v) is 18.3. The van der Waals surface area contributed by atoms with Crippen molar-refractivity contribution >= 4 is 17.5 Å². The number of ether oxygens (including phenoxy) is 1. The third-order valence-corrected chi connectivity index (χ3v) is 5.19. The number of hydrogen-bond donors (Lipinski definition) is 0. The van der Waals surface area contributed by atoms with E-state index < -0.39 is 0 Å². The molecule has 0 unspecified atom stereocenters. The largest absolute Gasteiger partial charge is 0.489 e. The molecule has 4 nitrogen and oxygen atoms in total. The molecule has 1 amide bonds. The van der Waals surface area contributed by atoms with E-state index in [-0.39, 0.29) is 12.0 Å². The van der Waals surface area contributed by atoms with E-state index in [0.29, 0.717) is 21.8 Å². The smallest absolute Gasteiger partial charge is 0.253 e. The summed E-state index contributed by atoms with van der Waals surface area (Å²) in [5, 5.41) is 0.516. The molecule has 0 spiro atoms. The summed E-state index contributed by atoms with van der Waals surface area (Å²) in [7, 11) is 1.83. The van der Waals surface area contributed by atoms with Gasteiger partial charge >= 0.3 is 0 Å². The molecular formula is C22H35ClN2O2. The highest BCUT2D eigenvalue weighted by Crippen LogP contribution is 2.29. The van der Waals surface area contributed by atoms with Crippen molar-refractivity contribution in [3.8, 4) is 5.75 Å². The first kappa shape index (κ1) is 22.0. The molecule has 1 aliphatic heterocycles. The molecule has 0 saturated carbocycles. The first-order valence-electron chi connectivity index (χ1n) is 10.1. The topological polar surface area (TPSA) is 32.8 Å². The molecule has 2 rings (SSSR count). The molecule has 27 heavy (non-hydrogen) atoms. The summed E-state index contributed by atoms with van der Waals surface area (Å²) in [5.41, 5.74) is 0.940. The Labute approximate surface area is 169 Å². The van der Waals surface area contributed by atoms with Gasteiger partial charge in [-0.1, -0.05) is 45.7 Å². The molecule has 0 aliphatic carbocycles. The predicted octanol–water partition coefficient (Wildman–Crippen LogP) is 5.10. The lowest BCUT2D eigenvalue weighted by Crippen LogP contribution is -2.42. The number of rotatable bonds is 7. The number of benzene rings is 1. The maximum Gasteiger partial charge on any atom is 0.253 e. The van der Waals surface area contributed by atoms with Crippen molar-refractivity contribution in [2.75, 3.05) is 33.2 Å². The second-order valence-corrected chi connectivity index (χ2v) is 9.29. The van der Waals surface area contributed by atoms with E-state index in [9.17, 15) is 4.79 Å². The normalized spacial score (nSPS) is 16.4. The number of hydrogen-bond acceptors (Lipinski definition) is 3. The fourth-order valence-corrected chi connectivity index (χ4v) is 3.71. The Morgan fingerprint density at radius 1 is 1.30 bits per heavy atom. The molecule has 1 fully saturated rings. The minimum Gasteiger partial charge on any atom is -0.489 e. The van der Waals surface area contributed by atoms with Gasteiger partial charge in [-0.3, -0.25) is 4.79 Å². The van der Waals surface area contributed by atoms with Crippen molar-refractivity contribution < 1.29 is 9.53 Å². The van der Waals surface area contributed by atoms with Crippen LogP contribution in [0, 0.1) is 5.41 Å². The number of piperidine rings is 1. The Morgan fingerprint density at radius 3 is 2.52 bits per heavy atom. The van der Waals surface area contributed by atoms with Crippen molar-refractivity contribution in [3.63, 3.8) is 0 Å². The van der Waals surface area contributed by atoms with Gasteiger partial charge in [0.25, 0.3) is 5.91 Å². The molecule has 0 N–H and O–H groups in total. The van der Waals surface area contributed by atoms with Crippen LogP contribution in [0.3, 0.4) is 0 Å². The van der Waals surface area contributed by atoms with Crippen LogP contribution in [0.15, 0.2) is 18.2 Å². The van der Waals surface area contributed by atoms with E-state index in [4.69, 9.17) is 16.3 Å². The molecule has 5 heteroatoms. The van der Waals surface area contributed by atoms with Crippen LogP contribution < -0.4 is 4.74 Å². The number of nitrogens with zero attached hydrogens (tertiary/aromatic N) is 2. The molecule has 1 aromatic carbocycles. The monoisotopic (exact) mass is 394 g/mol. The van der Waals surface area contributed by atoms with E-state index in [1.54, 1.807) is 11.0 Å². The third kappa shape index (κ3) is 7.00. The van der Waals surface area contributed by atoms with Gasteiger partial charge in [0.2, 0.25) is 0 Å². The molecule has 1 heterocycles. The third-order valence-electron chi connectivity index (χ3n) is 4.90. The molecule has 1 aliphatic rings. The summed E-state index contributed by atoms with van der Waals surface area (Å²) in [6.45, 7) is 12.9. The second kappa shape index (κ2) is 9.79. The average molecular weight is 395 g/mol. The highest BCUT2D eigenvalue weighted by molar-refractivity contribution is 6.32. The van der Waals surface area contributed by atoms with Crippen LogP contribution >= 0.6 is 11.6 Å². The maximum atomic E-state index is 12.5. The zero-order chi connectivity index (χ0) is 20.0. The van der Waals surface area contributed by atoms with Crippen LogP contribution in [-0.2, 0) is 0 Å². The lowest BCUT2D eigenvalue weighted by atomic mass is 9.94. The van der Waals surface area contributed by atoms with Gasteiger partial charge in [-0.05, 0) is 42.9 Å². The number of likely N-dealkylation sites (tertiary alicyclic amines) is 1. The van der Waals surface area contributed by atoms with Crippen molar-refractivity contribution in [3.05, 3.63) is 28.8 Å². The fraction of sp³-hybridized carbons (Fsp3) is 0.682. The molecule has 0 radical (unpaired) electrons. The molecule has 0 bridgehead atoms. The van der Waals surface area contributed by atoms with Gasteiger partial charge in [-0.25, -0.2) is 0 Å². The van der Waals surface area contributed by atoms with Crippen LogP contribution in [0.4, 0.5) is 0 Å². The van der Waals surface area contributed by atoms with E-state index in [1.165, 1.54) is 0 Å². The highest BCUT2D eigenvalue weighted by Gasteiger charge is 2.24. The van der Waals surface area contributed by atoms with Crippen LogP contribution in [0.5, 0.6) is 5.75 Å². The summed E-state index contributed by atoms with van der Waals surface area (Å²) in [6, 6.07) is 5.39. The van der Waals surface area contributed by atoms with Crippen LogP contribution in [-0.4, -0.2) is 55.0 Å². The van der Waals surface area contributed by atoms with Crippen molar-refractivity contribution in [1.82, 2.24) is 9.80 Å². The van der Waals surface area contributed by atoms with Crippen LogP contribution in [0.2, 0.25) is 5.02 Å². The Bertz CT molecular complexity index is 619.